The molecule has 2 rings (SSSR count). The number of aliphatic hydroxyl groups excluding tert-OH is 1. The average molecular weight is 279 g/mol. The van der Waals surface area contributed by atoms with Crippen LogP contribution in [0.2, 0.25) is 0 Å². The van der Waals surface area contributed by atoms with Crippen molar-refractivity contribution in [2.75, 3.05) is 13.2 Å². The third-order valence-electron chi connectivity index (χ3n) is 3.02. The molecular formula is C14H17NO3S. The minimum absolute atomic E-state index is 0.0306. The summed E-state index contributed by atoms with van der Waals surface area (Å²) in [5.74, 6) is 0. The van der Waals surface area contributed by atoms with Crippen LogP contribution in [-0.2, 0) is 10.0 Å². The van der Waals surface area contributed by atoms with Gasteiger partial charge in [0.2, 0.25) is 10.0 Å². The Morgan fingerprint density at radius 1 is 1.11 bits per heavy atom. The minimum atomic E-state index is -3.54. The van der Waals surface area contributed by atoms with Crippen LogP contribution in [0.5, 0.6) is 0 Å². The molecule has 0 unspecified atom stereocenters. The van der Waals surface area contributed by atoms with Gasteiger partial charge in [-0.3, -0.25) is 0 Å². The Morgan fingerprint density at radius 2 is 1.79 bits per heavy atom. The van der Waals surface area contributed by atoms with Gasteiger partial charge in [-0.25, -0.2) is 13.1 Å². The molecule has 19 heavy (non-hydrogen) atoms. The molecule has 0 saturated carbocycles. The van der Waals surface area contributed by atoms with E-state index in [1.54, 1.807) is 6.07 Å². The van der Waals surface area contributed by atoms with Gasteiger partial charge in [-0.1, -0.05) is 30.3 Å². The molecule has 0 amide bonds. The molecule has 0 heterocycles. The number of fused-ring (bicyclic) bond motifs is 1. The van der Waals surface area contributed by atoms with Crippen molar-refractivity contribution in [3.63, 3.8) is 0 Å². The molecule has 0 saturated heterocycles. The smallest absolute Gasteiger partial charge is 0.241 e. The Hall–Kier alpha value is -1.43. The van der Waals surface area contributed by atoms with Crippen LogP contribution in [0.4, 0.5) is 0 Å². The van der Waals surface area contributed by atoms with Crippen molar-refractivity contribution >= 4 is 20.8 Å². The van der Waals surface area contributed by atoms with Gasteiger partial charge < -0.3 is 5.11 Å². The molecule has 2 N–H and O–H groups in total. The quantitative estimate of drug-likeness (QED) is 0.820. The van der Waals surface area contributed by atoms with Crippen LogP contribution in [0.15, 0.2) is 41.3 Å². The summed E-state index contributed by atoms with van der Waals surface area (Å²) in [7, 11) is -3.54. The van der Waals surface area contributed by atoms with Crippen molar-refractivity contribution in [1.82, 2.24) is 4.72 Å². The highest BCUT2D eigenvalue weighted by Gasteiger charge is 2.17. The first-order valence-electron chi connectivity index (χ1n) is 6.15. The predicted molar refractivity (Wildman–Crippen MR) is 75.6 cm³/mol. The SMILES string of the molecule is Cc1ccc(S(=O)(=O)NCCCO)c2ccccc12. The zero-order valence-corrected chi connectivity index (χ0v) is 11.6. The summed E-state index contributed by atoms with van der Waals surface area (Å²) >= 11 is 0. The predicted octanol–water partition coefficient (Wildman–Crippen LogP) is 1.81. The fourth-order valence-electron chi connectivity index (χ4n) is 2.02. The van der Waals surface area contributed by atoms with Crippen LogP contribution in [0.25, 0.3) is 10.8 Å². The molecule has 0 spiro atoms. The highest BCUT2D eigenvalue weighted by molar-refractivity contribution is 7.89. The molecule has 0 aliphatic carbocycles. The van der Waals surface area contributed by atoms with Crippen molar-refractivity contribution in [2.24, 2.45) is 0 Å². The lowest BCUT2D eigenvalue weighted by Crippen LogP contribution is -2.25. The highest BCUT2D eigenvalue weighted by Crippen LogP contribution is 2.25. The maximum Gasteiger partial charge on any atom is 0.241 e. The molecular weight excluding hydrogens is 262 g/mol. The van der Waals surface area contributed by atoms with Crippen molar-refractivity contribution in [1.29, 1.82) is 0 Å². The van der Waals surface area contributed by atoms with Crippen LogP contribution >= 0.6 is 0 Å². The van der Waals surface area contributed by atoms with Crippen molar-refractivity contribution < 1.29 is 13.5 Å². The van der Waals surface area contributed by atoms with Gasteiger partial charge in [0.15, 0.2) is 0 Å². The third kappa shape index (κ3) is 2.94. The summed E-state index contributed by atoms with van der Waals surface area (Å²) in [6.07, 6.45) is 0.406. The van der Waals surface area contributed by atoms with Gasteiger partial charge in [0, 0.05) is 18.5 Å². The van der Waals surface area contributed by atoms with Crippen LogP contribution in [0.3, 0.4) is 0 Å². The lowest BCUT2D eigenvalue weighted by atomic mass is 10.1. The second-order valence-corrected chi connectivity index (χ2v) is 6.14. The lowest BCUT2D eigenvalue weighted by Gasteiger charge is -2.10. The number of rotatable bonds is 5. The van der Waals surface area contributed by atoms with Crippen LogP contribution in [0.1, 0.15) is 12.0 Å². The Bertz CT molecular complexity index is 680. The molecule has 0 aliphatic rings. The van der Waals surface area contributed by atoms with E-state index < -0.39 is 10.0 Å². The number of aliphatic hydroxyl groups is 1. The van der Waals surface area contributed by atoms with E-state index in [9.17, 15) is 8.42 Å². The zero-order valence-electron chi connectivity index (χ0n) is 10.8. The van der Waals surface area contributed by atoms with E-state index in [1.165, 1.54) is 0 Å². The summed E-state index contributed by atoms with van der Waals surface area (Å²) in [6, 6.07) is 10.9. The largest absolute Gasteiger partial charge is 0.396 e. The van der Waals surface area contributed by atoms with Gasteiger partial charge in [0.05, 0.1) is 4.90 Å². The molecule has 2 aromatic rings. The molecule has 4 nitrogen and oxygen atoms in total. The van der Waals surface area contributed by atoms with Crippen LogP contribution < -0.4 is 4.72 Å². The third-order valence-corrected chi connectivity index (χ3v) is 4.54. The van der Waals surface area contributed by atoms with Crippen molar-refractivity contribution in [3.05, 3.63) is 42.0 Å². The number of hydrogen-bond acceptors (Lipinski definition) is 3. The second-order valence-electron chi connectivity index (χ2n) is 4.40. The first-order chi connectivity index (χ1) is 9.06. The fourth-order valence-corrected chi connectivity index (χ4v) is 3.30. The van der Waals surface area contributed by atoms with Gasteiger partial charge in [-0.05, 0) is 30.4 Å². The first kappa shape index (κ1) is 14.0. The van der Waals surface area contributed by atoms with E-state index in [1.807, 2.05) is 37.3 Å². The Balaban J connectivity index is 2.48. The van der Waals surface area contributed by atoms with E-state index in [0.29, 0.717) is 6.42 Å². The minimum Gasteiger partial charge on any atom is -0.396 e. The van der Waals surface area contributed by atoms with Crippen LogP contribution in [0, 0.1) is 6.92 Å². The van der Waals surface area contributed by atoms with Crippen molar-refractivity contribution in [3.8, 4) is 0 Å². The van der Waals surface area contributed by atoms with Crippen molar-refractivity contribution in [2.45, 2.75) is 18.2 Å². The lowest BCUT2D eigenvalue weighted by molar-refractivity contribution is 0.289. The van der Waals surface area contributed by atoms with E-state index in [0.717, 1.165) is 16.3 Å². The molecule has 0 radical (unpaired) electrons. The number of nitrogens with one attached hydrogen (secondary N) is 1. The van der Waals surface area contributed by atoms with Crippen LogP contribution in [-0.4, -0.2) is 26.7 Å². The monoisotopic (exact) mass is 279 g/mol. The fraction of sp³-hybridized carbons (Fsp3) is 0.286. The number of hydrogen-bond donors (Lipinski definition) is 2. The normalized spacial score (nSPS) is 11.9. The molecule has 0 atom stereocenters. The standard InChI is InChI=1S/C14H17NO3S/c1-11-7-8-14(13-6-3-2-5-12(11)13)19(17,18)15-9-4-10-16/h2-3,5-8,15-16H,4,9-10H2,1H3. The van der Waals surface area contributed by atoms with Gasteiger partial charge in [-0.2, -0.15) is 0 Å². The van der Waals surface area contributed by atoms with Gasteiger partial charge in [0.1, 0.15) is 0 Å². The number of aryl methyl sites for hydroxylation is 1. The van der Waals surface area contributed by atoms with Gasteiger partial charge >= 0.3 is 0 Å². The molecule has 2 aromatic carbocycles. The summed E-state index contributed by atoms with van der Waals surface area (Å²) in [6.45, 7) is 2.16. The maximum absolute atomic E-state index is 12.2. The maximum atomic E-state index is 12.2. The molecule has 0 fully saturated rings. The Morgan fingerprint density at radius 3 is 2.47 bits per heavy atom. The zero-order chi connectivity index (χ0) is 13.9. The molecule has 0 aromatic heterocycles. The summed E-state index contributed by atoms with van der Waals surface area (Å²) in [5, 5.41) is 10.4. The van der Waals surface area contributed by atoms with E-state index in [4.69, 9.17) is 5.11 Å². The van der Waals surface area contributed by atoms with Gasteiger partial charge in [0.25, 0.3) is 0 Å². The Kier molecular flexibility index (Phi) is 4.19. The highest BCUT2D eigenvalue weighted by atomic mass is 32.2. The molecule has 5 heteroatoms. The summed E-state index contributed by atoms with van der Waals surface area (Å²) in [4.78, 5) is 0.284. The van der Waals surface area contributed by atoms with Gasteiger partial charge in [-0.15, -0.1) is 0 Å². The van der Waals surface area contributed by atoms with E-state index >= 15 is 0 Å². The summed E-state index contributed by atoms with van der Waals surface area (Å²) < 4.78 is 27.0. The molecule has 0 aliphatic heterocycles. The number of benzene rings is 2. The topological polar surface area (TPSA) is 66.4 Å². The molecule has 102 valence electrons. The first-order valence-corrected chi connectivity index (χ1v) is 7.63. The van der Waals surface area contributed by atoms with E-state index in [2.05, 4.69) is 4.72 Å². The average Bonchev–Trinajstić information content (AvgIpc) is 2.39. The summed E-state index contributed by atoms with van der Waals surface area (Å²) in [5.41, 5.74) is 1.05. The van der Waals surface area contributed by atoms with E-state index in [-0.39, 0.29) is 18.0 Å². The second kappa shape index (κ2) is 5.69. The Labute approximate surface area is 113 Å². The number of sulfonamides is 1. The molecule has 0 bridgehead atoms.